The van der Waals surface area contributed by atoms with Crippen LogP contribution in [0.25, 0.3) is 0 Å². The summed E-state index contributed by atoms with van der Waals surface area (Å²) in [7, 11) is -4.67. The highest BCUT2D eigenvalue weighted by molar-refractivity contribution is 7.79. The molecular formula is C9H16O7S. The molecular weight excluding hydrogens is 252 g/mol. The van der Waals surface area contributed by atoms with E-state index in [1.807, 2.05) is 12.2 Å². The minimum Gasteiger partial charge on any atom is -0.374 e. The van der Waals surface area contributed by atoms with Crippen LogP contribution in [0.5, 0.6) is 0 Å². The molecule has 0 saturated heterocycles. The Labute approximate surface area is 100 Å². The summed E-state index contributed by atoms with van der Waals surface area (Å²) in [6, 6.07) is 0. The van der Waals surface area contributed by atoms with Gasteiger partial charge in [0.25, 0.3) is 0 Å². The van der Waals surface area contributed by atoms with Crippen molar-refractivity contribution in [2.75, 3.05) is 19.8 Å². The fraction of sp³-hybridized carbons (Fsp3) is 0.556. The molecule has 0 radical (unpaired) electrons. The summed E-state index contributed by atoms with van der Waals surface area (Å²) in [6.45, 7) is 5.23. The number of hydrogen-bond donors (Lipinski definition) is 2. The van der Waals surface area contributed by atoms with Crippen LogP contribution in [0.3, 0.4) is 0 Å². The van der Waals surface area contributed by atoms with Crippen molar-refractivity contribution in [1.82, 2.24) is 0 Å². The number of hydrogen-bond acceptors (Lipinski definition) is 5. The highest BCUT2D eigenvalue weighted by Crippen LogP contribution is 2.03. The topological polar surface area (TPSA) is 102 Å². The van der Waals surface area contributed by atoms with Gasteiger partial charge in [-0.3, -0.25) is 9.11 Å². The summed E-state index contributed by atoms with van der Waals surface area (Å²) in [5.41, 5.74) is 0. The van der Waals surface area contributed by atoms with Gasteiger partial charge in [-0.25, -0.2) is 9.78 Å². The average molecular weight is 268 g/mol. The standard InChI is InChI=1S/C9H14O3.H2O4S/c1-2-6-10-8-9-5-3-4-7-11-12-9;1-5(2,3)4/h2-3,5,9H,1,4,6-8H2;(H2,1,2,3,4). The second kappa shape index (κ2) is 9.28. The van der Waals surface area contributed by atoms with Crippen LogP contribution in [0.4, 0.5) is 0 Å². The van der Waals surface area contributed by atoms with Crippen LogP contribution in [0, 0.1) is 0 Å². The maximum atomic E-state index is 8.74. The summed E-state index contributed by atoms with van der Waals surface area (Å²) in [6.07, 6.45) is 6.53. The van der Waals surface area contributed by atoms with Crippen molar-refractivity contribution >= 4 is 10.4 Å². The SMILES string of the molecule is C=CCOCC1C=CCCOO1.O=S(=O)(O)O. The predicted molar refractivity (Wildman–Crippen MR) is 59.8 cm³/mol. The molecule has 100 valence electrons. The van der Waals surface area contributed by atoms with Crippen molar-refractivity contribution in [3.05, 3.63) is 24.8 Å². The molecule has 8 heteroatoms. The van der Waals surface area contributed by atoms with E-state index in [-0.39, 0.29) is 6.10 Å². The van der Waals surface area contributed by atoms with Crippen LogP contribution < -0.4 is 0 Å². The molecule has 1 atom stereocenters. The zero-order chi connectivity index (χ0) is 13.1. The number of rotatable bonds is 4. The van der Waals surface area contributed by atoms with E-state index in [0.29, 0.717) is 19.8 Å². The van der Waals surface area contributed by atoms with Crippen molar-refractivity contribution in [1.29, 1.82) is 0 Å². The van der Waals surface area contributed by atoms with Crippen LogP contribution in [-0.2, 0) is 24.9 Å². The van der Waals surface area contributed by atoms with E-state index in [1.54, 1.807) is 6.08 Å². The highest BCUT2D eigenvalue weighted by Gasteiger charge is 2.08. The Bertz CT molecular complexity index is 314. The van der Waals surface area contributed by atoms with Crippen molar-refractivity contribution < 1.29 is 32.0 Å². The molecule has 0 aromatic rings. The third kappa shape index (κ3) is 15.2. The molecule has 7 nitrogen and oxygen atoms in total. The van der Waals surface area contributed by atoms with Crippen molar-refractivity contribution in [3.8, 4) is 0 Å². The van der Waals surface area contributed by atoms with Crippen LogP contribution >= 0.6 is 0 Å². The van der Waals surface area contributed by atoms with Gasteiger partial charge in [-0.1, -0.05) is 18.2 Å². The minimum atomic E-state index is -4.67. The van der Waals surface area contributed by atoms with Gasteiger partial charge in [0.1, 0.15) is 6.10 Å². The lowest BCUT2D eigenvalue weighted by Crippen LogP contribution is -2.16. The molecule has 1 aliphatic heterocycles. The largest absolute Gasteiger partial charge is 0.394 e. The molecule has 2 N–H and O–H groups in total. The maximum absolute atomic E-state index is 8.74. The zero-order valence-corrected chi connectivity index (χ0v) is 10.0. The van der Waals surface area contributed by atoms with Gasteiger partial charge in [0.05, 0.1) is 19.8 Å². The summed E-state index contributed by atoms with van der Waals surface area (Å²) in [5, 5.41) is 0. The summed E-state index contributed by atoms with van der Waals surface area (Å²) < 4.78 is 36.8. The van der Waals surface area contributed by atoms with Crippen LogP contribution in [-0.4, -0.2) is 43.4 Å². The summed E-state index contributed by atoms with van der Waals surface area (Å²) >= 11 is 0. The molecule has 17 heavy (non-hydrogen) atoms. The molecule has 0 aromatic carbocycles. The first-order valence-electron chi connectivity index (χ1n) is 4.77. The van der Waals surface area contributed by atoms with Gasteiger partial charge < -0.3 is 4.74 Å². The zero-order valence-electron chi connectivity index (χ0n) is 9.19. The van der Waals surface area contributed by atoms with Gasteiger partial charge in [0.2, 0.25) is 0 Å². The Balaban J connectivity index is 0.000000437. The third-order valence-corrected chi connectivity index (χ3v) is 1.43. The lowest BCUT2D eigenvalue weighted by Gasteiger charge is -2.09. The lowest BCUT2D eigenvalue weighted by atomic mass is 10.3. The molecule has 1 rings (SSSR count). The minimum absolute atomic E-state index is 0.0764. The van der Waals surface area contributed by atoms with Crippen LogP contribution in [0.1, 0.15) is 6.42 Å². The van der Waals surface area contributed by atoms with E-state index >= 15 is 0 Å². The first-order valence-corrected chi connectivity index (χ1v) is 6.16. The summed E-state index contributed by atoms with van der Waals surface area (Å²) in [4.78, 5) is 9.87. The van der Waals surface area contributed by atoms with E-state index in [1.165, 1.54) is 0 Å². The molecule has 1 unspecified atom stereocenters. The Morgan fingerprint density at radius 1 is 1.53 bits per heavy atom. The Hall–Kier alpha value is -0.770. The molecule has 0 spiro atoms. The lowest BCUT2D eigenvalue weighted by molar-refractivity contribution is -0.316. The fourth-order valence-corrected chi connectivity index (χ4v) is 0.883. The molecule has 0 amide bonds. The second-order valence-electron chi connectivity index (χ2n) is 2.95. The van der Waals surface area contributed by atoms with Gasteiger partial charge in [-0.05, 0) is 6.42 Å². The molecule has 1 heterocycles. The van der Waals surface area contributed by atoms with Crippen molar-refractivity contribution in [2.45, 2.75) is 12.5 Å². The molecule has 0 aromatic heterocycles. The molecule has 0 fully saturated rings. The quantitative estimate of drug-likeness (QED) is 0.336. The fourth-order valence-electron chi connectivity index (χ4n) is 0.883. The van der Waals surface area contributed by atoms with Gasteiger partial charge in [-0.2, -0.15) is 8.42 Å². The normalized spacial score (nSPS) is 20.0. The maximum Gasteiger partial charge on any atom is 0.394 e. The van der Waals surface area contributed by atoms with Crippen molar-refractivity contribution in [2.24, 2.45) is 0 Å². The Morgan fingerprint density at radius 2 is 2.18 bits per heavy atom. The predicted octanol–water partition coefficient (Wildman–Crippen LogP) is 0.813. The summed E-state index contributed by atoms with van der Waals surface area (Å²) in [5.74, 6) is 0. The van der Waals surface area contributed by atoms with Crippen LogP contribution in [0.2, 0.25) is 0 Å². The van der Waals surface area contributed by atoms with E-state index < -0.39 is 10.4 Å². The highest BCUT2D eigenvalue weighted by atomic mass is 32.3. The van der Waals surface area contributed by atoms with Gasteiger partial charge in [-0.15, -0.1) is 6.58 Å². The van der Waals surface area contributed by atoms with Crippen LogP contribution in [0.15, 0.2) is 24.8 Å². The smallest absolute Gasteiger partial charge is 0.374 e. The monoisotopic (exact) mass is 268 g/mol. The first kappa shape index (κ1) is 16.2. The van der Waals surface area contributed by atoms with Gasteiger partial charge >= 0.3 is 10.4 Å². The molecule has 0 aliphatic carbocycles. The van der Waals surface area contributed by atoms with Crippen molar-refractivity contribution in [3.63, 3.8) is 0 Å². The molecule has 0 saturated carbocycles. The second-order valence-corrected chi connectivity index (χ2v) is 3.84. The van der Waals surface area contributed by atoms with Gasteiger partial charge in [0.15, 0.2) is 0 Å². The van der Waals surface area contributed by atoms with E-state index in [2.05, 4.69) is 6.58 Å². The Morgan fingerprint density at radius 3 is 2.76 bits per heavy atom. The van der Waals surface area contributed by atoms with Gasteiger partial charge in [0, 0.05) is 0 Å². The molecule has 1 aliphatic rings. The Kier molecular flexibility index (Phi) is 8.86. The average Bonchev–Trinajstić information content (AvgIpc) is 2.44. The van der Waals surface area contributed by atoms with E-state index in [9.17, 15) is 0 Å². The first-order chi connectivity index (χ1) is 7.93. The third-order valence-electron chi connectivity index (χ3n) is 1.43. The van der Waals surface area contributed by atoms with E-state index in [0.717, 1.165) is 6.42 Å². The number of ether oxygens (including phenoxy) is 1. The van der Waals surface area contributed by atoms with E-state index in [4.69, 9.17) is 32.0 Å². The molecule has 0 bridgehead atoms.